The summed E-state index contributed by atoms with van der Waals surface area (Å²) in [4.78, 5) is 11.5. The number of halogens is 1. The lowest BCUT2D eigenvalue weighted by Crippen LogP contribution is -2.30. The van der Waals surface area contributed by atoms with Crippen molar-refractivity contribution in [2.75, 3.05) is 31.7 Å². The Morgan fingerprint density at radius 1 is 1.42 bits per heavy atom. The Balaban J connectivity index is 2.23. The van der Waals surface area contributed by atoms with Gasteiger partial charge in [-0.1, -0.05) is 0 Å². The van der Waals surface area contributed by atoms with E-state index in [9.17, 15) is 9.18 Å². The standard InChI is InChI=1S/C13H19FN2O3/c1-10-9-11(14)3-4-12(10)16-13(18)15-5-2-7-19-8-6-17/h3-4,9,17H,2,5-8H2,1H3,(H2,15,16,18). The summed E-state index contributed by atoms with van der Waals surface area (Å²) < 4.78 is 17.9. The summed E-state index contributed by atoms with van der Waals surface area (Å²) in [5, 5.41) is 13.8. The Labute approximate surface area is 111 Å². The molecule has 0 aromatic heterocycles. The minimum absolute atomic E-state index is 0.00222. The molecule has 0 fully saturated rings. The van der Waals surface area contributed by atoms with Crippen molar-refractivity contribution in [3.8, 4) is 0 Å². The predicted molar refractivity (Wildman–Crippen MR) is 70.7 cm³/mol. The minimum Gasteiger partial charge on any atom is -0.394 e. The summed E-state index contributed by atoms with van der Waals surface area (Å²) in [6.45, 7) is 2.98. The van der Waals surface area contributed by atoms with Gasteiger partial charge >= 0.3 is 6.03 Å². The van der Waals surface area contributed by atoms with Crippen LogP contribution in [-0.2, 0) is 4.74 Å². The van der Waals surface area contributed by atoms with Crippen LogP contribution in [0, 0.1) is 12.7 Å². The number of aryl methyl sites for hydroxylation is 1. The molecule has 0 aliphatic carbocycles. The molecule has 1 aromatic rings. The number of hydrogen-bond donors (Lipinski definition) is 3. The van der Waals surface area contributed by atoms with Crippen molar-refractivity contribution in [3.05, 3.63) is 29.6 Å². The molecule has 0 bridgehead atoms. The van der Waals surface area contributed by atoms with E-state index in [1.165, 1.54) is 18.2 Å². The number of aliphatic hydroxyl groups is 1. The molecule has 0 spiro atoms. The van der Waals surface area contributed by atoms with Crippen molar-refractivity contribution in [1.29, 1.82) is 0 Å². The molecule has 19 heavy (non-hydrogen) atoms. The van der Waals surface area contributed by atoms with Gasteiger partial charge in [0.25, 0.3) is 0 Å². The van der Waals surface area contributed by atoms with Crippen LogP contribution in [0.4, 0.5) is 14.9 Å². The number of carbonyl (C=O) groups is 1. The topological polar surface area (TPSA) is 70.6 Å². The van der Waals surface area contributed by atoms with Gasteiger partial charge in [-0.15, -0.1) is 0 Å². The lowest BCUT2D eigenvalue weighted by Gasteiger charge is -2.10. The number of carbonyl (C=O) groups excluding carboxylic acids is 1. The fraction of sp³-hybridized carbons (Fsp3) is 0.462. The first-order valence-corrected chi connectivity index (χ1v) is 6.13. The van der Waals surface area contributed by atoms with E-state index < -0.39 is 0 Å². The molecule has 6 heteroatoms. The zero-order chi connectivity index (χ0) is 14.1. The maximum absolute atomic E-state index is 12.9. The van der Waals surface area contributed by atoms with Crippen molar-refractivity contribution in [2.45, 2.75) is 13.3 Å². The van der Waals surface area contributed by atoms with Crippen LogP contribution in [0.3, 0.4) is 0 Å². The van der Waals surface area contributed by atoms with Crippen molar-refractivity contribution in [2.24, 2.45) is 0 Å². The number of benzene rings is 1. The van der Waals surface area contributed by atoms with Crippen LogP contribution < -0.4 is 10.6 Å². The lowest BCUT2D eigenvalue weighted by molar-refractivity contribution is 0.0910. The van der Waals surface area contributed by atoms with E-state index in [0.717, 1.165) is 0 Å². The fourth-order valence-corrected chi connectivity index (χ4v) is 1.48. The Kier molecular flexibility index (Phi) is 6.84. The number of urea groups is 1. The number of anilines is 1. The number of amides is 2. The van der Waals surface area contributed by atoms with Crippen molar-refractivity contribution >= 4 is 11.7 Å². The average molecular weight is 270 g/mol. The van der Waals surface area contributed by atoms with Gasteiger partial charge in [0, 0.05) is 18.8 Å². The molecule has 0 atom stereocenters. The van der Waals surface area contributed by atoms with Gasteiger partial charge in [-0.05, 0) is 37.1 Å². The van der Waals surface area contributed by atoms with Crippen LogP contribution in [0.15, 0.2) is 18.2 Å². The van der Waals surface area contributed by atoms with Crippen molar-refractivity contribution in [3.63, 3.8) is 0 Å². The van der Waals surface area contributed by atoms with Crippen LogP contribution >= 0.6 is 0 Å². The molecule has 0 radical (unpaired) electrons. The zero-order valence-electron chi connectivity index (χ0n) is 10.9. The summed E-state index contributed by atoms with van der Waals surface area (Å²) >= 11 is 0. The third kappa shape index (κ3) is 6.17. The number of rotatable bonds is 7. The van der Waals surface area contributed by atoms with Crippen molar-refractivity contribution < 1.29 is 19.0 Å². The molecule has 0 aliphatic rings. The van der Waals surface area contributed by atoms with Crippen LogP contribution in [-0.4, -0.2) is 37.5 Å². The van der Waals surface area contributed by atoms with Gasteiger partial charge in [-0.3, -0.25) is 0 Å². The van der Waals surface area contributed by atoms with E-state index >= 15 is 0 Å². The molecule has 5 nitrogen and oxygen atoms in total. The maximum atomic E-state index is 12.9. The molecule has 1 rings (SSSR count). The van der Waals surface area contributed by atoms with Crippen molar-refractivity contribution in [1.82, 2.24) is 5.32 Å². The van der Waals surface area contributed by atoms with Gasteiger partial charge in [-0.25, -0.2) is 9.18 Å². The zero-order valence-corrected chi connectivity index (χ0v) is 10.9. The number of hydrogen-bond acceptors (Lipinski definition) is 3. The molecular formula is C13H19FN2O3. The predicted octanol–water partition coefficient (Wildman–Crippen LogP) is 1.65. The molecule has 2 amide bonds. The van der Waals surface area contributed by atoms with E-state index in [2.05, 4.69) is 10.6 Å². The Morgan fingerprint density at radius 2 is 2.21 bits per heavy atom. The van der Waals surface area contributed by atoms with Crippen LogP contribution in [0.5, 0.6) is 0 Å². The van der Waals surface area contributed by atoms with Crippen LogP contribution in [0.25, 0.3) is 0 Å². The second kappa shape index (κ2) is 8.44. The lowest BCUT2D eigenvalue weighted by atomic mass is 10.2. The highest BCUT2D eigenvalue weighted by Gasteiger charge is 2.04. The molecule has 0 heterocycles. The molecule has 0 unspecified atom stereocenters. The Bertz CT molecular complexity index is 413. The summed E-state index contributed by atoms with van der Waals surface area (Å²) in [6, 6.07) is 3.84. The quantitative estimate of drug-likeness (QED) is 0.660. The molecule has 106 valence electrons. The Morgan fingerprint density at radius 3 is 2.89 bits per heavy atom. The average Bonchev–Trinajstić information content (AvgIpc) is 2.37. The van der Waals surface area contributed by atoms with E-state index in [0.29, 0.717) is 37.4 Å². The fourth-order valence-electron chi connectivity index (χ4n) is 1.48. The van der Waals surface area contributed by atoms with Gasteiger partial charge in [-0.2, -0.15) is 0 Å². The third-order valence-electron chi connectivity index (χ3n) is 2.42. The highest BCUT2D eigenvalue weighted by molar-refractivity contribution is 5.89. The van der Waals surface area contributed by atoms with E-state index in [1.54, 1.807) is 6.92 Å². The highest BCUT2D eigenvalue weighted by atomic mass is 19.1. The van der Waals surface area contributed by atoms with Gasteiger partial charge in [0.1, 0.15) is 5.82 Å². The van der Waals surface area contributed by atoms with Gasteiger partial charge in [0.05, 0.1) is 13.2 Å². The van der Waals surface area contributed by atoms with E-state index in [4.69, 9.17) is 9.84 Å². The second-order valence-electron chi connectivity index (χ2n) is 4.03. The number of ether oxygens (including phenoxy) is 1. The molecule has 0 saturated heterocycles. The maximum Gasteiger partial charge on any atom is 0.319 e. The van der Waals surface area contributed by atoms with Gasteiger partial charge in [0.15, 0.2) is 0 Å². The normalized spacial score (nSPS) is 10.3. The molecule has 3 N–H and O–H groups in total. The molecule has 0 saturated carbocycles. The first-order chi connectivity index (χ1) is 9.13. The first kappa shape index (κ1) is 15.4. The summed E-state index contributed by atoms with van der Waals surface area (Å²) in [7, 11) is 0. The van der Waals surface area contributed by atoms with E-state index in [1.807, 2.05) is 0 Å². The van der Waals surface area contributed by atoms with Crippen LogP contribution in [0.1, 0.15) is 12.0 Å². The first-order valence-electron chi connectivity index (χ1n) is 6.13. The number of aliphatic hydroxyl groups excluding tert-OH is 1. The molecular weight excluding hydrogens is 251 g/mol. The summed E-state index contributed by atoms with van der Waals surface area (Å²) in [6.07, 6.45) is 0.663. The Hall–Kier alpha value is -1.66. The van der Waals surface area contributed by atoms with Crippen LogP contribution in [0.2, 0.25) is 0 Å². The third-order valence-corrected chi connectivity index (χ3v) is 2.42. The highest BCUT2D eigenvalue weighted by Crippen LogP contribution is 2.15. The molecule has 1 aromatic carbocycles. The monoisotopic (exact) mass is 270 g/mol. The van der Waals surface area contributed by atoms with Gasteiger partial charge < -0.3 is 20.5 Å². The summed E-state index contributed by atoms with van der Waals surface area (Å²) in [5.74, 6) is -0.329. The number of nitrogens with one attached hydrogen (secondary N) is 2. The smallest absolute Gasteiger partial charge is 0.319 e. The second-order valence-corrected chi connectivity index (χ2v) is 4.03. The SMILES string of the molecule is Cc1cc(F)ccc1NC(=O)NCCCOCCO. The molecule has 0 aliphatic heterocycles. The summed E-state index contributed by atoms with van der Waals surface area (Å²) in [5.41, 5.74) is 1.25. The largest absolute Gasteiger partial charge is 0.394 e. The van der Waals surface area contributed by atoms with E-state index in [-0.39, 0.29) is 18.5 Å². The minimum atomic E-state index is -0.336. The van der Waals surface area contributed by atoms with Gasteiger partial charge in [0.2, 0.25) is 0 Å².